The molecule has 0 heterocycles. The Labute approximate surface area is 518 Å². The molecule has 8 bridgehead atoms. The molecule has 87 heavy (non-hydrogen) atoms. The Morgan fingerprint density at radius 2 is 0.586 bits per heavy atom. The zero-order valence-corrected chi connectivity index (χ0v) is 53.0. The number of rotatable bonds is 41. The van der Waals surface area contributed by atoms with Crippen LogP contribution in [0.3, 0.4) is 0 Å². The quantitative estimate of drug-likeness (QED) is 0.0119. The maximum absolute atomic E-state index is 12.8. The first-order valence-corrected chi connectivity index (χ1v) is 32.1. The van der Waals surface area contributed by atoms with E-state index in [2.05, 4.69) is 96.0 Å². The van der Waals surface area contributed by atoms with E-state index in [0.717, 1.165) is 213 Å². The number of aryl methyl sites for hydroxylation is 4. The Morgan fingerprint density at radius 1 is 0.345 bits per heavy atom. The number of fused-ring (bicyclic) bond motifs is 8. The Balaban J connectivity index is 1.93. The monoisotopic (exact) mass is 1200 g/mol. The van der Waals surface area contributed by atoms with Crippen molar-refractivity contribution in [3.63, 3.8) is 0 Å². The van der Waals surface area contributed by atoms with Gasteiger partial charge in [-0.3, -0.25) is 9.59 Å². The summed E-state index contributed by atoms with van der Waals surface area (Å²) in [6, 6.07) is 18.0. The lowest BCUT2D eigenvalue weighted by molar-refractivity contribution is -0.153. The van der Waals surface area contributed by atoms with Crippen LogP contribution in [0.1, 0.15) is 204 Å². The molecular weight excluding hydrogens is 1100 g/mol. The molecule has 1 aliphatic carbocycles. The van der Waals surface area contributed by atoms with Gasteiger partial charge in [0, 0.05) is 43.9 Å². The standard InChI is InChI=1S/C73H98O14/c1-9-16-20-24-28-53-40-57-48-59-42-54(29-25-21-17-10-2)44-61(71(59)85-37-33-81-66(75)14-6)50-63-46-56(31-27-23-19-12-4)47-64(73(63)87-39-35-83-69(78)52-68(77)79-8)51-62-45-55(30-26-22-18-11-3)43-60(72(62)86-38-34-82-67(76)15-7)49-58(41-53)70(57)84-36-32-80-65(74)13-5/h13-15,40-47H,5-7,9-12,16-39,48-52H2,1-4,8H3. The summed E-state index contributed by atoms with van der Waals surface area (Å²) in [6.07, 6.45) is 24.8. The summed E-state index contributed by atoms with van der Waals surface area (Å²) in [6.45, 7) is 19.7. The van der Waals surface area contributed by atoms with E-state index in [1.807, 2.05) is 0 Å². The second-order valence-electron chi connectivity index (χ2n) is 22.4. The Kier molecular flexibility index (Phi) is 32.5. The molecule has 14 nitrogen and oxygen atoms in total. The van der Waals surface area contributed by atoms with Gasteiger partial charge in [0.1, 0.15) is 82.3 Å². The van der Waals surface area contributed by atoms with E-state index in [9.17, 15) is 24.0 Å². The second kappa shape index (κ2) is 40.2. The Hall–Kier alpha value is -7.35. The molecule has 0 unspecified atom stereocenters. The number of hydrogen-bond acceptors (Lipinski definition) is 14. The van der Waals surface area contributed by atoms with E-state index in [1.165, 1.54) is 7.11 Å². The molecule has 4 aromatic rings. The summed E-state index contributed by atoms with van der Waals surface area (Å²) in [7, 11) is 1.23. The molecule has 0 saturated carbocycles. The summed E-state index contributed by atoms with van der Waals surface area (Å²) in [5.41, 5.74) is 11.9. The zero-order chi connectivity index (χ0) is 62.6. The van der Waals surface area contributed by atoms with E-state index >= 15 is 0 Å². The van der Waals surface area contributed by atoms with E-state index in [4.69, 9.17) is 42.6 Å². The minimum atomic E-state index is -0.722. The maximum Gasteiger partial charge on any atom is 0.330 e. The first-order valence-electron chi connectivity index (χ1n) is 32.1. The Bertz CT molecular complexity index is 2720. The van der Waals surface area contributed by atoms with Gasteiger partial charge in [-0.1, -0.05) is 173 Å². The van der Waals surface area contributed by atoms with Crippen molar-refractivity contribution < 1.29 is 66.6 Å². The third kappa shape index (κ3) is 24.7. The van der Waals surface area contributed by atoms with Gasteiger partial charge in [0.25, 0.3) is 0 Å². The van der Waals surface area contributed by atoms with Crippen LogP contribution in [-0.2, 0) is 99.0 Å². The topological polar surface area (TPSA) is 168 Å². The molecule has 0 radical (unpaired) electrons. The number of unbranched alkanes of at least 4 members (excludes halogenated alkanes) is 12. The van der Waals surface area contributed by atoms with Crippen LogP contribution in [0.5, 0.6) is 23.0 Å². The number of hydrogen-bond donors (Lipinski definition) is 0. The third-order valence-electron chi connectivity index (χ3n) is 15.3. The molecule has 0 fully saturated rings. The van der Waals surface area contributed by atoms with Gasteiger partial charge in [-0.05, 0) is 118 Å². The van der Waals surface area contributed by atoms with Crippen LogP contribution < -0.4 is 18.9 Å². The molecule has 1 aliphatic rings. The van der Waals surface area contributed by atoms with Gasteiger partial charge in [-0.25, -0.2) is 14.4 Å². The minimum Gasteiger partial charge on any atom is -0.489 e. The van der Waals surface area contributed by atoms with Crippen LogP contribution in [0.2, 0.25) is 0 Å². The lowest BCUT2D eigenvalue weighted by atomic mass is 9.87. The fourth-order valence-electron chi connectivity index (χ4n) is 11.1. The van der Waals surface area contributed by atoms with Crippen LogP contribution in [0.25, 0.3) is 0 Å². The highest BCUT2D eigenvalue weighted by Gasteiger charge is 2.26. The molecule has 0 aliphatic heterocycles. The fraction of sp³-hybridized carbons (Fsp3) is 0.521. The summed E-state index contributed by atoms with van der Waals surface area (Å²) < 4.78 is 54.7. The van der Waals surface area contributed by atoms with E-state index in [0.29, 0.717) is 48.7 Å². The summed E-state index contributed by atoms with van der Waals surface area (Å²) in [5, 5.41) is 0. The average molecular weight is 1200 g/mol. The van der Waals surface area contributed by atoms with Gasteiger partial charge < -0.3 is 42.6 Å². The van der Waals surface area contributed by atoms with Gasteiger partial charge in [-0.15, -0.1) is 0 Å². The molecular formula is C73H98O14. The predicted molar refractivity (Wildman–Crippen MR) is 341 cm³/mol. The molecule has 14 heteroatoms. The number of benzene rings is 4. The molecule has 474 valence electrons. The van der Waals surface area contributed by atoms with Gasteiger partial charge in [0.2, 0.25) is 0 Å². The number of methoxy groups -OCH3 is 1. The average Bonchev–Trinajstić information content (AvgIpc) is 1.19. The van der Waals surface area contributed by atoms with Gasteiger partial charge in [0.15, 0.2) is 0 Å². The van der Waals surface area contributed by atoms with Gasteiger partial charge >= 0.3 is 29.8 Å². The van der Waals surface area contributed by atoms with Crippen molar-refractivity contribution in [1.29, 1.82) is 0 Å². The smallest absolute Gasteiger partial charge is 0.330 e. The van der Waals surface area contributed by atoms with Crippen LogP contribution in [0, 0.1) is 0 Å². The van der Waals surface area contributed by atoms with Crippen molar-refractivity contribution in [2.24, 2.45) is 0 Å². The number of carbonyl (C=O) groups excluding carboxylic acids is 5. The van der Waals surface area contributed by atoms with Crippen molar-refractivity contribution in [3.05, 3.63) is 153 Å². The van der Waals surface area contributed by atoms with Crippen molar-refractivity contribution in [2.75, 3.05) is 60.0 Å². The normalized spacial score (nSPS) is 11.6. The van der Waals surface area contributed by atoms with Gasteiger partial charge in [0.05, 0.1) is 7.11 Å². The first kappa shape index (κ1) is 70.4. The molecule has 0 amide bonds. The summed E-state index contributed by atoms with van der Waals surface area (Å²) >= 11 is 0. The molecule has 0 aromatic heterocycles. The highest BCUT2D eigenvalue weighted by atomic mass is 16.6. The highest BCUT2D eigenvalue weighted by Crippen LogP contribution is 2.42. The SMILES string of the molecule is C=CC(=O)OCCOc1c2cc(CCCCCC)cc1Cc1cc(CCCCCC)cc(c1OCCOC(=O)C=C)Cc1cc(CCCCCC)cc(c1OCCOC(=O)CC(=O)OC)Cc1cc(CCCCCC)cc(c1OCCOC(=O)C=C)C2. The van der Waals surface area contributed by atoms with Crippen molar-refractivity contribution in [1.82, 2.24) is 0 Å². The fourth-order valence-corrected chi connectivity index (χ4v) is 11.1. The summed E-state index contributed by atoms with van der Waals surface area (Å²) in [4.78, 5) is 62.3. The molecule has 0 N–H and O–H groups in total. The van der Waals surface area contributed by atoms with Crippen LogP contribution >= 0.6 is 0 Å². The van der Waals surface area contributed by atoms with Crippen LogP contribution in [0.15, 0.2) is 86.5 Å². The number of ether oxygens (including phenoxy) is 9. The van der Waals surface area contributed by atoms with E-state index in [-0.39, 0.29) is 52.9 Å². The minimum absolute atomic E-state index is 0.00840. The molecule has 5 rings (SSSR count). The highest BCUT2D eigenvalue weighted by molar-refractivity contribution is 5.91. The first-order chi connectivity index (χ1) is 42.4. The predicted octanol–water partition coefficient (Wildman–Crippen LogP) is 14.7. The lowest BCUT2D eigenvalue weighted by Gasteiger charge is -2.25. The molecule has 4 aromatic carbocycles. The zero-order valence-electron chi connectivity index (χ0n) is 53.0. The Morgan fingerprint density at radius 3 is 0.805 bits per heavy atom. The van der Waals surface area contributed by atoms with Crippen LogP contribution in [-0.4, -0.2) is 89.8 Å². The molecule has 0 saturated heterocycles. The van der Waals surface area contributed by atoms with E-state index < -0.39 is 36.3 Å². The van der Waals surface area contributed by atoms with E-state index in [1.54, 1.807) is 0 Å². The number of esters is 5. The second-order valence-corrected chi connectivity index (χ2v) is 22.4. The maximum atomic E-state index is 12.8. The van der Waals surface area contributed by atoms with Crippen molar-refractivity contribution >= 4 is 29.8 Å². The third-order valence-corrected chi connectivity index (χ3v) is 15.3. The van der Waals surface area contributed by atoms with Crippen molar-refractivity contribution in [3.8, 4) is 23.0 Å². The summed E-state index contributed by atoms with van der Waals surface area (Å²) in [5.74, 6) is -0.476. The van der Waals surface area contributed by atoms with Gasteiger partial charge in [-0.2, -0.15) is 0 Å². The molecule has 0 spiro atoms. The van der Waals surface area contributed by atoms with Crippen LogP contribution in [0.4, 0.5) is 0 Å². The molecule has 0 atom stereocenters. The lowest BCUT2D eigenvalue weighted by Crippen LogP contribution is -2.17. The number of carbonyl (C=O) groups is 5. The van der Waals surface area contributed by atoms with Crippen molar-refractivity contribution in [2.45, 2.75) is 188 Å². The largest absolute Gasteiger partial charge is 0.489 e.